The standard InChI is InChI=1S/C15H26N2O3/c1-3-20-15(19)12-6-9-17(10-7-12)14(18)13-11(2)5-4-8-16-13/h11-13,16H,3-10H2,1-2H3. The first kappa shape index (κ1) is 15.3. The smallest absolute Gasteiger partial charge is 0.309 e. The van der Waals surface area contributed by atoms with Crippen LogP contribution in [0.2, 0.25) is 0 Å². The van der Waals surface area contributed by atoms with Crippen molar-refractivity contribution in [2.45, 2.75) is 45.6 Å². The van der Waals surface area contributed by atoms with E-state index in [0.717, 1.165) is 32.2 Å². The monoisotopic (exact) mass is 282 g/mol. The zero-order valence-electron chi connectivity index (χ0n) is 12.6. The van der Waals surface area contributed by atoms with Gasteiger partial charge in [0.2, 0.25) is 5.91 Å². The molecule has 114 valence electrons. The Morgan fingerprint density at radius 1 is 1.25 bits per heavy atom. The molecule has 0 aromatic heterocycles. The van der Waals surface area contributed by atoms with Gasteiger partial charge in [-0.1, -0.05) is 6.92 Å². The van der Waals surface area contributed by atoms with E-state index in [0.29, 0.717) is 25.6 Å². The Morgan fingerprint density at radius 2 is 1.95 bits per heavy atom. The van der Waals surface area contributed by atoms with Crippen LogP contribution >= 0.6 is 0 Å². The summed E-state index contributed by atoms with van der Waals surface area (Å²) in [7, 11) is 0. The van der Waals surface area contributed by atoms with Crippen molar-refractivity contribution in [1.29, 1.82) is 0 Å². The molecule has 2 heterocycles. The number of esters is 1. The first-order valence-corrected chi connectivity index (χ1v) is 7.82. The van der Waals surface area contributed by atoms with E-state index in [1.165, 1.54) is 0 Å². The highest BCUT2D eigenvalue weighted by Crippen LogP contribution is 2.22. The third-order valence-electron chi connectivity index (χ3n) is 4.46. The van der Waals surface area contributed by atoms with Crippen molar-refractivity contribution in [1.82, 2.24) is 10.2 Å². The summed E-state index contributed by atoms with van der Waals surface area (Å²) < 4.78 is 5.06. The van der Waals surface area contributed by atoms with E-state index in [1.54, 1.807) is 0 Å². The van der Waals surface area contributed by atoms with E-state index < -0.39 is 0 Å². The lowest BCUT2D eigenvalue weighted by Crippen LogP contribution is -2.54. The third-order valence-corrected chi connectivity index (χ3v) is 4.46. The van der Waals surface area contributed by atoms with Gasteiger partial charge in [-0.2, -0.15) is 0 Å². The van der Waals surface area contributed by atoms with Crippen molar-refractivity contribution in [2.75, 3.05) is 26.2 Å². The van der Waals surface area contributed by atoms with E-state index in [1.807, 2.05) is 11.8 Å². The Labute approximate surface area is 121 Å². The largest absolute Gasteiger partial charge is 0.466 e. The van der Waals surface area contributed by atoms with Crippen LogP contribution in [-0.2, 0) is 14.3 Å². The number of amides is 1. The molecule has 2 aliphatic rings. The highest BCUT2D eigenvalue weighted by molar-refractivity contribution is 5.82. The zero-order chi connectivity index (χ0) is 14.5. The third kappa shape index (κ3) is 3.51. The molecule has 5 heteroatoms. The van der Waals surface area contributed by atoms with E-state index in [9.17, 15) is 9.59 Å². The predicted octanol–water partition coefficient (Wildman–Crippen LogP) is 1.18. The Kier molecular flexibility index (Phi) is 5.40. The van der Waals surface area contributed by atoms with Crippen LogP contribution < -0.4 is 5.32 Å². The molecule has 0 bridgehead atoms. The summed E-state index contributed by atoms with van der Waals surface area (Å²) in [4.78, 5) is 26.1. The van der Waals surface area contributed by atoms with Gasteiger partial charge < -0.3 is 15.0 Å². The number of piperidine rings is 2. The van der Waals surface area contributed by atoms with Gasteiger partial charge in [-0.3, -0.25) is 9.59 Å². The molecule has 0 aliphatic carbocycles. The van der Waals surface area contributed by atoms with Crippen molar-refractivity contribution in [3.05, 3.63) is 0 Å². The van der Waals surface area contributed by atoms with Crippen LogP contribution in [0.1, 0.15) is 39.5 Å². The van der Waals surface area contributed by atoms with Crippen molar-refractivity contribution >= 4 is 11.9 Å². The average Bonchev–Trinajstić information content (AvgIpc) is 2.47. The SMILES string of the molecule is CCOC(=O)C1CCN(C(=O)C2NCCCC2C)CC1. The van der Waals surface area contributed by atoms with E-state index in [-0.39, 0.29) is 23.8 Å². The fraction of sp³-hybridized carbons (Fsp3) is 0.867. The molecule has 1 N–H and O–H groups in total. The van der Waals surface area contributed by atoms with Gasteiger partial charge in [0.25, 0.3) is 0 Å². The van der Waals surface area contributed by atoms with Crippen LogP contribution in [0.5, 0.6) is 0 Å². The lowest BCUT2D eigenvalue weighted by Gasteiger charge is -2.37. The molecule has 5 nitrogen and oxygen atoms in total. The topological polar surface area (TPSA) is 58.6 Å². The molecule has 2 saturated heterocycles. The molecule has 0 aromatic rings. The molecule has 0 spiro atoms. The van der Waals surface area contributed by atoms with Crippen LogP contribution in [-0.4, -0.2) is 49.1 Å². The van der Waals surface area contributed by atoms with Crippen molar-refractivity contribution in [2.24, 2.45) is 11.8 Å². The molecule has 0 saturated carbocycles. The van der Waals surface area contributed by atoms with E-state index in [4.69, 9.17) is 4.74 Å². The van der Waals surface area contributed by atoms with Crippen molar-refractivity contribution in [3.63, 3.8) is 0 Å². The molecule has 20 heavy (non-hydrogen) atoms. The highest BCUT2D eigenvalue weighted by atomic mass is 16.5. The highest BCUT2D eigenvalue weighted by Gasteiger charge is 2.34. The molecule has 2 unspecified atom stereocenters. The first-order valence-electron chi connectivity index (χ1n) is 7.82. The van der Waals surface area contributed by atoms with Gasteiger partial charge in [-0.25, -0.2) is 0 Å². The maximum absolute atomic E-state index is 12.5. The second kappa shape index (κ2) is 7.07. The number of rotatable bonds is 3. The van der Waals surface area contributed by atoms with Gasteiger partial charge >= 0.3 is 5.97 Å². The minimum atomic E-state index is -0.108. The minimum Gasteiger partial charge on any atom is -0.466 e. The Bertz CT molecular complexity index is 351. The van der Waals surface area contributed by atoms with E-state index >= 15 is 0 Å². The number of nitrogens with zero attached hydrogens (tertiary/aromatic N) is 1. The van der Waals surface area contributed by atoms with Gasteiger partial charge in [-0.15, -0.1) is 0 Å². The summed E-state index contributed by atoms with van der Waals surface area (Å²) >= 11 is 0. The van der Waals surface area contributed by atoms with Crippen LogP contribution in [0, 0.1) is 11.8 Å². The van der Waals surface area contributed by atoms with Crippen LogP contribution in [0.4, 0.5) is 0 Å². The van der Waals surface area contributed by atoms with Gasteiger partial charge in [0.15, 0.2) is 0 Å². The fourth-order valence-corrected chi connectivity index (χ4v) is 3.17. The number of hydrogen-bond donors (Lipinski definition) is 1. The van der Waals surface area contributed by atoms with Crippen LogP contribution in [0.25, 0.3) is 0 Å². The normalized spacial score (nSPS) is 28.2. The maximum atomic E-state index is 12.5. The number of likely N-dealkylation sites (tertiary alicyclic amines) is 1. The number of ether oxygens (including phenoxy) is 1. The van der Waals surface area contributed by atoms with Gasteiger partial charge in [0.05, 0.1) is 18.6 Å². The molecule has 2 aliphatic heterocycles. The summed E-state index contributed by atoms with van der Waals surface area (Å²) in [5, 5.41) is 3.34. The summed E-state index contributed by atoms with van der Waals surface area (Å²) in [6, 6.07) is -0.0390. The predicted molar refractivity (Wildman–Crippen MR) is 76.1 cm³/mol. The summed E-state index contributed by atoms with van der Waals surface area (Å²) in [5.41, 5.74) is 0. The molecule has 1 amide bonds. The Balaban J connectivity index is 1.83. The zero-order valence-corrected chi connectivity index (χ0v) is 12.6. The van der Waals surface area contributed by atoms with Crippen LogP contribution in [0.3, 0.4) is 0 Å². The summed E-state index contributed by atoms with van der Waals surface area (Å²) in [6.07, 6.45) is 3.72. The molecule has 2 rings (SSSR count). The Hall–Kier alpha value is -1.10. The lowest BCUT2D eigenvalue weighted by atomic mass is 9.90. The number of carbonyl (C=O) groups excluding carboxylic acids is 2. The second-order valence-electron chi connectivity index (χ2n) is 5.90. The average molecular weight is 282 g/mol. The molecular formula is C15H26N2O3. The molecule has 0 radical (unpaired) electrons. The lowest BCUT2D eigenvalue weighted by molar-refractivity contribution is -0.151. The maximum Gasteiger partial charge on any atom is 0.309 e. The van der Waals surface area contributed by atoms with Crippen molar-refractivity contribution in [3.8, 4) is 0 Å². The Morgan fingerprint density at radius 3 is 2.55 bits per heavy atom. The number of nitrogens with one attached hydrogen (secondary N) is 1. The summed E-state index contributed by atoms with van der Waals surface area (Å²) in [5.74, 6) is 0.470. The molecular weight excluding hydrogens is 256 g/mol. The number of hydrogen-bond acceptors (Lipinski definition) is 4. The quantitative estimate of drug-likeness (QED) is 0.790. The van der Waals surface area contributed by atoms with Gasteiger partial charge in [0.1, 0.15) is 0 Å². The van der Waals surface area contributed by atoms with E-state index in [2.05, 4.69) is 12.2 Å². The molecule has 0 aromatic carbocycles. The molecule has 2 fully saturated rings. The van der Waals surface area contributed by atoms with Gasteiger partial charge in [0, 0.05) is 13.1 Å². The fourth-order valence-electron chi connectivity index (χ4n) is 3.17. The summed E-state index contributed by atoms with van der Waals surface area (Å²) in [6.45, 7) is 6.68. The minimum absolute atomic E-state index is 0.0317. The first-order chi connectivity index (χ1) is 9.63. The number of carbonyl (C=O) groups is 2. The van der Waals surface area contributed by atoms with Crippen molar-refractivity contribution < 1.29 is 14.3 Å². The molecule has 2 atom stereocenters. The van der Waals surface area contributed by atoms with Crippen LogP contribution in [0.15, 0.2) is 0 Å². The second-order valence-corrected chi connectivity index (χ2v) is 5.90. The van der Waals surface area contributed by atoms with Gasteiger partial charge in [-0.05, 0) is 45.1 Å².